The second kappa shape index (κ2) is 5.39. The van der Waals surface area contributed by atoms with Crippen LogP contribution in [-0.4, -0.2) is 9.97 Å². The minimum absolute atomic E-state index is 0.520. The van der Waals surface area contributed by atoms with Gasteiger partial charge in [-0.15, -0.1) is 0 Å². The number of nitrogens with zero attached hydrogens (tertiary/aromatic N) is 2. The monoisotopic (exact) mass is 323 g/mol. The fourth-order valence-corrected chi connectivity index (χ4v) is 3.71. The predicted octanol–water partition coefficient (Wildman–Crippen LogP) is 4.38. The van der Waals surface area contributed by atoms with E-state index >= 15 is 0 Å². The Hall–Kier alpha value is -0.640. The molecule has 0 amide bonds. The summed E-state index contributed by atoms with van der Waals surface area (Å²) in [6.45, 7) is 2.29. The Morgan fingerprint density at radius 2 is 1.95 bits per heavy atom. The molecule has 0 spiro atoms. The van der Waals surface area contributed by atoms with Crippen molar-refractivity contribution >= 4 is 21.7 Å². The number of nitrogen functional groups attached to an aromatic ring is 1. The first-order valence-electron chi connectivity index (χ1n) is 7.51. The van der Waals surface area contributed by atoms with Crippen LogP contribution in [0.2, 0.25) is 0 Å². The number of anilines is 1. The average Bonchev–Trinajstić information content (AvgIpc) is 3.26. The highest BCUT2D eigenvalue weighted by atomic mass is 79.9. The van der Waals surface area contributed by atoms with Gasteiger partial charge in [-0.1, -0.05) is 26.2 Å². The van der Waals surface area contributed by atoms with Crippen LogP contribution in [-0.2, 0) is 0 Å². The minimum Gasteiger partial charge on any atom is -0.383 e. The van der Waals surface area contributed by atoms with Crippen LogP contribution in [0.25, 0.3) is 0 Å². The molecule has 2 aliphatic carbocycles. The fraction of sp³-hybridized carbons (Fsp3) is 0.733. The molecule has 104 valence electrons. The van der Waals surface area contributed by atoms with Gasteiger partial charge in [-0.25, -0.2) is 9.97 Å². The van der Waals surface area contributed by atoms with E-state index in [1.165, 1.54) is 44.9 Å². The lowest BCUT2D eigenvalue weighted by molar-refractivity contribution is 0.307. The summed E-state index contributed by atoms with van der Waals surface area (Å²) in [4.78, 5) is 9.41. The van der Waals surface area contributed by atoms with E-state index < -0.39 is 0 Å². The zero-order chi connectivity index (χ0) is 13.4. The van der Waals surface area contributed by atoms with Crippen molar-refractivity contribution in [3.8, 4) is 0 Å². The molecule has 2 aliphatic rings. The first kappa shape index (κ1) is 13.3. The summed E-state index contributed by atoms with van der Waals surface area (Å²) in [6.07, 6.45) is 8.91. The van der Waals surface area contributed by atoms with Gasteiger partial charge in [-0.05, 0) is 47.5 Å². The first-order chi connectivity index (χ1) is 9.19. The molecule has 1 heterocycles. The van der Waals surface area contributed by atoms with Crippen LogP contribution in [0.5, 0.6) is 0 Å². The molecule has 2 saturated carbocycles. The highest BCUT2D eigenvalue weighted by Gasteiger charge is 2.31. The van der Waals surface area contributed by atoms with Gasteiger partial charge in [0.05, 0.1) is 10.2 Å². The van der Waals surface area contributed by atoms with Gasteiger partial charge in [0.1, 0.15) is 11.6 Å². The Kier molecular flexibility index (Phi) is 3.79. The van der Waals surface area contributed by atoms with Gasteiger partial charge in [-0.3, -0.25) is 0 Å². The smallest absolute Gasteiger partial charge is 0.141 e. The number of hydrogen-bond donors (Lipinski definition) is 1. The fourth-order valence-electron chi connectivity index (χ4n) is 3.21. The van der Waals surface area contributed by atoms with Crippen LogP contribution >= 0.6 is 15.9 Å². The molecule has 0 saturated heterocycles. The molecular formula is C15H22BrN3. The van der Waals surface area contributed by atoms with E-state index in [9.17, 15) is 0 Å². The summed E-state index contributed by atoms with van der Waals surface area (Å²) >= 11 is 3.55. The van der Waals surface area contributed by atoms with Gasteiger partial charge in [0.25, 0.3) is 0 Å². The number of aromatic nitrogens is 2. The maximum Gasteiger partial charge on any atom is 0.141 e. The number of hydrogen-bond acceptors (Lipinski definition) is 3. The minimum atomic E-state index is 0.520. The second-order valence-corrected chi connectivity index (χ2v) is 6.87. The molecule has 2 N–H and O–H groups in total. The highest BCUT2D eigenvalue weighted by Crippen LogP contribution is 2.44. The Labute approximate surface area is 123 Å². The molecule has 2 atom stereocenters. The topological polar surface area (TPSA) is 51.8 Å². The molecule has 1 aromatic rings. The number of nitrogens with two attached hydrogens (primary N) is 1. The lowest BCUT2D eigenvalue weighted by Crippen LogP contribution is -2.17. The van der Waals surface area contributed by atoms with Crippen LogP contribution < -0.4 is 5.73 Å². The van der Waals surface area contributed by atoms with Gasteiger partial charge >= 0.3 is 0 Å². The van der Waals surface area contributed by atoms with E-state index in [1.54, 1.807) is 0 Å². The third-order valence-electron chi connectivity index (χ3n) is 4.61. The van der Waals surface area contributed by atoms with Crippen LogP contribution in [0.15, 0.2) is 4.47 Å². The van der Waals surface area contributed by atoms with E-state index in [-0.39, 0.29) is 0 Å². The third kappa shape index (κ3) is 2.78. The molecule has 19 heavy (non-hydrogen) atoms. The van der Waals surface area contributed by atoms with Crippen molar-refractivity contribution in [1.29, 1.82) is 0 Å². The Morgan fingerprint density at radius 1 is 1.16 bits per heavy atom. The molecule has 0 radical (unpaired) electrons. The lowest BCUT2D eigenvalue weighted by atomic mass is 9.80. The van der Waals surface area contributed by atoms with Crippen LogP contribution in [0.4, 0.5) is 5.82 Å². The largest absolute Gasteiger partial charge is 0.383 e. The van der Waals surface area contributed by atoms with Crippen molar-refractivity contribution in [3.05, 3.63) is 16.0 Å². The summed E-state index contributed by atoms with van der Waals surface area (Å²) in [7, 11) is 0. The van der Waals surface area contributed by atoms with Gasteiger partial charge in [0.15, 0.2) is 0 Å². The van der Waals surface area contributed by atoms with Crippen molar-refractivity contribution in [3.63, 3.8) is 0 Å². The van der Waals surface area contributed by atoms with Crippen LogP contribution in [0.1, 0.15) is 75.2 Å². The van der Waals surface area contributed by atoms with Crippen LogP contribution in [0, 0.1) is 5.92 Å². The predicted molar refractivity (Wildman–Crippen MR) is 81.1 cm³/mol. The Balaban J connectivity index is 1.87. The Morgan fingerprint density at radius 3 is 2.63 bits per heavy atom. The molecule has 1 aromatic heterocycles. The molecule has 3 rings (SSSR count). The molecule has 4 heteroatoms. The molecular weight excluding hydrogens is 302 g/mol. The van der Waals surface area contributed by atoms with E-state index in [0.29, 0.717) is 17.7 Å². The highest BCUT2D eigenvalue weighted by molar-refractivity contribution is 9.10. The van der Waals surface area contributed by atoms with Crippen LogP contribution in [0.3, 0.4) is 0 Å². The van der Waals surface area contributed by atoms with Gasteiger partial charge in [0.2, 0.25) is 0 Å². The Bertz CT molecular complexity index is 471. The van der Waals surface area contributed by atoms with Gasteiger partial charge in [0, 0.05) is 11.8 Å². The maximum atomic E-state index is 6.06. The van der Waals surface area contributed by atoms with E-state index in [0.717, 1.165) is 21.9 Å². The molecule has 0 aromatic carbocycles. The summed E-state index contributed by atoms with van der Waals surface area (Å²) in [5, 5.41) is 0. The summed E-state index contributed by atoms with van der Waals surface area (Å²) in [5.74, 6) is 3.61. The molecule has 3 nitrogen and oxygen atoms in total. The first-order valence-corrected chi connectivity index (χ1v) is 8.31. The zero-order valence-corrected chi connectivity index (χ0v) is 13.1. The van der Waals surface area contributed by atoms with Crippen molar-refractivity contribution in [1.82, 2.24) is 9.97 Å². The van der Waals surface area contributed by atoms with E-state index in [2.05, 4.69) is 27.8 Å². The summed E-state index contributed by atoms with van der Waals surface area (Å²) < 4.78 is 0.932. The molecule has 0 aliphatic heterocycles. The molecule has 0 bridgehead atoms. The average molecular weight is 324 g/mol. The van der Waals surface area contributed by atoms with Crippen molar-refractivity contribution < 1.29 is 0 Å². The van der Waals surface area contributed by atoms with Crippen molar-refractivity contribution in [2.75, 3.05) is 5.73 Å². The van der Waals surface area contributed by atoms with E-state index in [1.807, 2.05) is 0 Å². The van der Waals surface area contributed by atoms with E-state index in [4.69, 9.17) is 10.7 Å². The number of rotatable bonds is 3. The molecule has 2 unspecified atom stereocenters. The standard InChI is InChI=1S/C15H22BrN3/c1-2-9-4-3-5-11(8-9)15-18-13(10-6-7-10)12(16)14(17)19-15/h9-11H,2-8H2,1H3,(H2,17,18,19). The lowest BCUT2D eigenvalue weighted by Gasteiger charge is -2.27. The van der Waals surface area contributed by atoms with Crippen molar-refractivity contribution in [2.24, 2.45) is 5.92 Å². The maximum absolute atomic E-state index is 6.06. The van der Waals surface area contributed by atoms with Gasteiger partial charge in [-0.2, -0.15) is 0 Å². The number of halogens is 1. The quantitative estimate of drug-likeness (QED) is 0.897. The SMILES string of the molecule is CCC1CCCC(c2nc(N)c(Br)c(C3CC3)n2)C1. The normalized spacial score (nSPS) is 27.5. The van der Waals surface area contributed by atoms with Crippen molar-refractivity contribution in [2.45, 2.75) is 63.7 Å². The third-order valence-corrected chi connectivity index (χ3v) is 5.42. The summed E-state index contributed by atoms with van der Waals surface area (Å²) in [6, 6.07) is 0. The summed E-state index contributed by atoms with van der Waals surface area (Å²) in [5.41, 5.74) is 7.22. The van der Waals surface area contributed by atoms with Gasteiger partial charge < -0.3 is 5.73 Å². The zero-order valence-electron chi connectivity index (χ0n) is 11.5. The molecule has 2 fully saturated rings. The second-order valence-electron chi connectivity index (χ2n) is 6.08.